The Bertz CT molecular complexity index is 251. The van der Waals surface area contributed by atoms with Crippen molar-refractivity contribution in [3.63, 3.8) is 0 Å². The van der Waals surface area contributed by atoms with Gasteiger partial charge in [0.25, 0.3) is 0 Å². The normalized spacial score (nSPS) is 22.4. The molecule has 1 rings (SSSR count). The summed E-state index contributed by atoms with van der Waals surface area (Å²) < 4.78 is 0. The van der Waals surface area contributed by atoms with Crippen LogP contribution in [0, 0.1) is 5.41 Å². The number of hydrogen-bond acceptors (Lipinski definition) is 3. The Balaban J connectivity index is 2.50. The van der Waals surface area contributed by atoms with Crippen LogP contribution < -0.4 is 5.32 Å². The number of likely N-dealkylation sites (N-methyl/N-ethyl adjacent to an activating group) is 1. The summed E-state index contributed by atoms with van der Waals surface area (Å²) in [4.78, 5) is 5.08. The molecule has 114 valence electrons. The molecule has 0 radical (unpaired) electrons. The van der Waals surface area contributed by atoms with Gasteiger partial charge in [-0.2, -0.15) is 0 Å². The third-order valence-electron chi connectivity index (χ3n) is 4.10. The highest BCUT2D eigenvalue weighted by atomic mass is 15.2. The maximum absolute atomic E-state index is 3.71. The number of nitrogens with zero attached hydrogens (tertiary/aromatic N) is 2. The molecule has 1 fully saturated rings. The van der Waals surface area contributed by atoms with E-state index in [2.05, 4.69) is 56.8 Å². The molecule has 0 saturated carbocycles. The van der Waals surface area contributed by atoms with Gasteiger partial charge in [0, 0.05) is 44.8 Å². The van der Waals surface area contributed by atoms with Gasteiger partial charge < -0.3 is 15.1 Å². The van der Waals surface area contributed by atoms with Crippen LogP contribution >= 0.6 is 0 Å². The Morgan fingerprint density at radius 2 is 1.58 bits per heavy atom. The average Bonchev–Trinajstić information content (AvgIpc) is 2.30. The summed E-state index contributed by atoms with van der Waals surface area (Å²) in [7, 11) is 2.23. The summed E-state index contributed by atoms with van der Waals surface area (Å²) in [6, 6.07) is 0. The molecule has 1 aliphatic heterocycles. The van der Waals surface area contributed by atoms with E-state index in [4.69, 9.17) is 0 Å². The van der Waals surface area contributed by atoms with Gasteiger partial charge in [-0.05, 0) is 39.7 Å². The van der Waals surface area contributed by atoms with Gasteiger partial charge in [-0.1, -0.05) is 20.3 Å². The standard InChI is InChI=1S/C16H35N3/c1-7-8-16(5,13-17-15(2,3)4)14-19-11-9-18(6)10-12-19/h17H,7-14H2,1-6H3. The van der Waals surface area contributed by atoms with E-state index in [9.17, 15) is 0 Å². The molecule has 0 amide bonds. The molecule has 19 heavy (non-hydrogen) atoms. The molecule has 1 saturated heterocycles. The Labute approximate surface area is 120 Å². The summed E-state index contributed by atoms with van der Waals surface area (Å²) in [6.45, 7) is 18.8. The van der Waals surface area contributed by atoms with E-state index in [-0.39, 0.29) is 5.54 Å². The SMILES string of the molecule is CCCC(C)(CNC(C)(C)C)CN1CCN(C)CC1. The molecule has 1 unspecified atom stereocenters. The van der Waals surface area contributed by atoms with Crippen LogP contribution in [0.3, 0.4) is 0 Å². The van der Waals surface area contributed by atoms with E-state index in [1.54, 1.807) is 0 Å². The highest BCUT2D eigenvalue weighted by molar-refractivity contribution is 4.85. The monoisotopic (exact) mass is 269 g/mol. The predicted molar refractivity (Wildman–Crippen MR) is 84.7 cm³/mol. The van der Waals surface area contributed by atoms with E-state index in [1.807, 2.05) is 0 Å². The van der Waals surface area contributed by atoms with Crippen LogP contribution in [0.5, 0.6) is 0 Å². The topological polar surface area (TPSA) is 18.5 Å². The third-order valence-corrected chi connectivity index (χ3v) is 4.10. The zero-order valence-corrected chi connectivity index (χ0v) is 14.1. The number of nitrogens with one attached hydrogen (secondary N) is 1. The van der Waals surface area contributed by atoms with Gasteiger partial charge in [-0.15, -0.1) is 0 Å². The zero-order chi connectivity index (χ0) is 14.5. The number of piperazine rings is 1. The lowest BCUT2D eigenvalue weighted by atomic mass is 9.84. The number of hydrogen-bond donors (Lipinski definition) is 1. The van der Waals surface area contributed by atoms with E-state index in [0.29, 0.717) is 5.41 Å². The molecule has 1 N–H and O–H groups in total. The summed E-state index contributed by atoms with van der Waals surface area (Å²) in [5.74, 6) is 0. The summed E-state index contributed by atoms with van der Waals surface area (Å²) >= 11 is 0. The Morgan fingerprint density at radius 3 is 2.05 bits per heavy atom. The van der Waals surface area contributed by atoms with E-state index < -0.39 is 0 Å². The van der Waals surface area contributed by atoms with Gasteiger partial charge in [0.15, 0.2) is 0 Å². The van der Waals surface area contributed by atoms with Crippen LogP contribution in [0.1, 0.15) is 47.5 Å². The second kappa shape index (κ2) is 7.05. The van der Waals surface area contributed by atoms with E-state index in [1.165, 1.54) is 45.6 Å². The minimum atomic E-state index is 0.219. The highest BCUT2D eigenvalue weighted by Crippen LogP contribution is 2.25. The molecule has 1 atom stereocenters. The summed E-state index contributed by atoms with van der Waals surface area (Å²) in [5, 5.41) is 3.71. The first kappa shape index (κ1) is 16.9. The average molecular weight is 269 g/mol. The van der Waals surface area contributed by atoms with Crippen LogP contribution in [-0.2, 0) is 0 Å². The molecule has 0 aromatic heterocycles. The van der Waals surface area contributed by atoms with Crippen molar-refractivity contribution >= 4 is 0 Å². The maximum atomic E-state index is 3.71. The van der Waals surface area contributed by atoms with Crippen LogP contribution in [0.2, 0.25) is 0 Å². The molecule has 1 aliphatic rings. The summed E-state index contributed by atoms with van der Waals surface area (Å²) in [5.41, 5.74) is 0.620. The third kappa shape index (κ3) is 6.73. The first-order chi connectivity index (χ1) is 8.74. The zero-order valence-electron chi connectivity index (χ0n) is 14.1. The molecule has 0 aromatic rings. The highest BCUT2D eigenvalue weighted by Gasteiger charge is 2.28. The minimum absolute atomic E-state index is 0.219. The fourth-order valence-electron chi connectivity index (χ4n) is 2.85. The van der Waals surface area contributed by atoms with Gasteiger partial charge in [-0.3, -0.25) is 0 Å². The molecule has 1 heterocycles. The lowest BCUT2D eigenvalue weighted by molar-refractivity contribution is 0.0933. The van der Waals surface area contributed by atoms with Crippen molar-refractivity contribution in [2.75, 3.05) is 46.3 Å². The van der Waals surface area contributed by atoms with E-state index >= 15 is 0 Å². The Hall–Kier alpha value is -0.120. The second-order valence-corrected chi connectivity index (χ2v) is 7.74. The quantitative estimate of drug-likeness (QED) is 0.799. The van der Waals surface area contributed by atoms with Crippen LogP contribution in [0.25, 0.3) is 0 Å². The maximum Gasteiger partial charge on any atom is 0.0110 e. The molecule has 0 spiro atoms. The second-order valence-electron chi connectivity index (χ2n) is 7.74. The van der Waals surface area contributed by atoms with Gasteiger partial charge in [0.2, 0.25) is 0 Å². The fraction of sp³-hybridized carbons (Fsp3) is 1.00. The lowest BCUT2D eigenvalue weighted by Crippen LogP contribution is -2.51. The molecular weight excluding hydrogens is 234 g/mol. The van der Waals surface area contributed by atoms with Crippen molar-refractivity contribution < 1.29 is 0 Å². The van der Waals surface area contributed by atoms with Crippen molar-refractivity contribution in [3.05, 3.63) is 0 Å². The fourth-order valence-corrected chi connectivity index (χ4v) is 2.85. The summed E-state index contributed by atoms with van der Waals surface area (Å²) in [6.07, 6.45) is 2.58. The van der Waals surface area contributed by atoms with Gasteiger partial charge in [0.05, 0.1) is 0 Å². The number of rotatable bonds is 6. The van der Waals surface area contributed by atoms with Crippen LogP contribution in [0.4, 0.5) is 0 Å². The molecule has 0 bridgehead atoms. The first-order valence-electron chi connectivity index (χ1n) is 7.90. The first-order valence-corrected chi connectivity index (χ1v) is 7.90. The largest absolute Gasteiger partial charge is 0.311 e. The molecule has 3 nitrogen and oxygen atoms in total. The van der Waals surface area contributed by atoms with Gasteiger partial charge in [-0.25, -0.2) is 0 Å². The van der Waals surface area contributed by atoms with Crippen molar-refractivity contribution in [2.45, 2.75) is 53.0 Å². The van der Waals surface area contributed by atoms with Gasteiger partial charge in [0.1, 0.15) is 0 Å². The predicted octanol–water partition coefficient (Wildman–Crippen LogP) is 2.43. The molecule has 0 aliphatic carbocycles. The Morgan fingerprint density at radius 1 is 1.00 bits per heavy atom. The van der Waals surface area contributed by atoms with Crippen LogP contribution in [0.15, 0.2) is 0 Å². The van der Waals surface area contributed by atoms with Crippen molar-refractivity contribution in [1.82, 2.24) is 15.1 Å². The van der Waals surface area contributed by atoms with Crippen molar-refractivity contribution in [1.29, 1.82) is 0 Å². The van der Waals surface area contributed by atoms with E-state index in [0.717, 1.165) is 6.54 Å². The minimum Gasteiger partial charge on any atom is -0.311 e. The molecule has 0 aromatic carbocycles. The molecular formula is C16H35N3. The van der Waals surface area contributed by atoms with Gasteiger partial charge >= 0.3 is 0 Å². The van der Waals surface area contributed by atoms with Crippen molar-refractivity contribution in [3.8, 4) is 0 Å². The van der Waals surface area contributed by atoms with Crippen LogP contribution in [-0.4, -0.2) is 61.7 Å². The Kier molecular flexibility index (Phi) is 6.28. The lowest BCUT2D eigenvalue weighted by Gasteiger charge is -2.41. The smallest absolute Gasteiger partial charge is 0.0110 e. The van der Waals surface area contributed by atoms with Crippen molar-refractivity contribution in [2.24, 2.45) is 5.41 Å². The molecule has 3 heteroatoms.